The minimum absolute atomic E-state index is 0.0434. The number of ether oxygens (including phenoxy) is 2. The predicted molar refractivity (Wildman–Crippen MR) is 148 cm³/mol. The molecule has 206 valence electrons. The molecule has 2 N–H and O–H groups in total. The molecule has 0 fully saturated rings. The van der Waals surface area contributed by atoms with E-state index in [1.54, 1.807) is 20.3 Å². The number of hydrogen-bond acceptors (Lipinski definition) is 5. The third-order valence-corrected chi connectivity index (χ3v) is 6.66. The lowest BCUT2D eigenvalue weighted by Gasteiger charge is -2.20. The lowest BCUT2D eigenvalue weighted by atomic mass is 10.0. The van der Waals surface area contributed by atoms with Crippen molar-refractivity contribution in [3.63, 3.8) is 0 Å². The molecule has 0 unspecified atom stereocenters. The second-order valence-electron chi connectivity index (χ2n) is 10.0. The first kappa shape index (κ1) is 30.2. The standard InChI is InChI=1S/C29H46N4O4/c1-8-11-15-30-27(34)17-22(16-20(4)5)31-29(35)23-18-24(33(32-23)19-21(9-2)10-3)28-25(36-6)13-12-14-26(28)37-7/h12-14,18,20-22H,8-11,15-17,19H2,1-7H3,(H,30,34)(H,31,35)/t22-/m1/s1. The van der Waals surface area contributed by atoms with E-state index in [2.05, 4.69) is 45.3 Å². The van der Waals surface area contributed by atoms with Crippen LogP contribution in [0.4, 0.5) is 0 Å². The monoisotopic (exact) mass is 514 g/mol. The summed E-state index contributed by atoms with van der Waals surface area (Å²) in [5.41, 5.74) is 1.84. The van der Waals surface area contributed by atoms with Crippen molar-refractivity contribution in [2.24, 2.45) is 11.8 Å². The van der Waals surface area contributed by atoms with Gasteiger partial charge in [0, 0.05) is 25.6 Å². The van der Waals surface area contributed by atoms with E-state index in [-0.39, 0.29) is 24.3 Å². The van der Waals surface area contributed by atoms with Crippen LogP contribution in [0.25, 0.3) is 11.3 Å². The summed E-state index contributed by atoms with van der Waals surface area (Å²) in [6.45, 7) is 11.9. The molecule has 2 aromatic rings. The van der Waals surface area contributed by atoms with Crippen molar-refractivity contribution in [2.75, 3.05) is 20.8 Å². The lowest BCUT2D eigenvalue weighted by molar-refractivity contribution is -0.121. The molecule has 0 aliphatic heterocycles. The third-order valence-electron chi connectivity index (χ3n) is 6.66. The van der Waals surface area contributed by atoms with E-state index in [4.69, 9.17) is 14.6 Å². The highest BCUT2D eigenvalue weighted by Gasteiger charge is 2.25. The van der Waals surface area contributed by atoms with Crippen LogP contribution < -0.4 is 20.1 Å². The maximum absolute atomic E-state index is 13.4. The van der Waals surface area contributed by atoms with Gasteiger partial charge in [-0.2, -0.15) is 5.10 Å². The highest BCUT2D eigenvalue weighted by atomic mass is 16.5. The molecule has 0 bridgehead atoms. The number of nitrogens with zero attached hydrogens (tertiary/aromatic N) is 2. The molecule has 0 saturated heterocycles. The van der Waals surface area contributed by atoms with Gasteiger partial charge in [0.2, 0.25) is 5.91 Å². The van der Waals surface area contributed by atoms with Crippen LogP contribution in [0.3, 0.4) is 0 Å². The molecule has 0 spiro atoms. The predicted octanol–water partition coefficient (Wildman–Crippen LogP) is 5.45. The van der Waals surface area contributed by atoms with Crippen LogP contribution in [0, 0.1) is 11.8 Å². The molecule has 1 atom stereocenters. The zero-order chi connectivity index (χ0) is 27.4. The Kier molecular flexibility index (Phi) is 12.5. The van der Waals surface area contributed by atoms with Gasteiger partial charge in [0.15, 0.2) is 5.69 Å². The van der Waals surface area contributed by atoms with Crippen molar-refractivity contribution in [1.29, 1.82) is 0 Å². The molecule has 8 heteroatoms. The van der Waals surface area contributed by atoms with Crippen LogP contribution in [0.5, 0.6) is 11.5 Å². The average molecular weight is 515 g/mol. The highest BCUT2D eigenvalue weighted by Crippen LogP contribution is 2.39. The highest BCUT2D eigenvalue weighted by molar-refractivity contribution is 5.94. The Labute approximate surface area is 222 Å². The fourth-order valence-electron chi connectivity index (χ4n) is 4.49. The van der Waals surface area contributed by atoms with Gasteiger partial charge in [0.1, 0.15) is 11.5 Å². The Morgan fingerprint density at radius 2 is 1.70 bits per heavy atom. The third kappa shape index (κ3) is 8.79. The summed E-state index contributed by atoms with van der Waals surface area (Å²) in [6.07, 6.45) is 4.92. The van der Waals surface area contributed by atoms with Crippen molar-refractivity contribution in [1.82, 2.24) is 20.4 Å². The minimum atomic E-state index is -0.287. The van der Waals surface area contributed by atoms with Crippen LogP contribution in [0.1, 0.15) is 83.6 Å². The van der Waals surface area contributed by atoms with Crippen LogP contribution in [0.15, 0.2) is 24.3 Å². The first-order valence-electron chi connectivity index (χ1n) is 13.6. The number of amides is 2. The molecule has 0 radical (unpaired) electrons. The van der Waals surface area contributed by atoms with E-state index >= 15 is 0 Å². The Morgan fingerprint density at radius 3 is 2.24 bits per heavy atom. The molecule has 0 saturated carbocycles. The molecule has 0 aliphatic carbocycles. The van der Waals surface area contributed by atoms with Crippen molar-refractivity contribution < 1.29 is 19.1 Å². The van der Waals surface area contributed by atoms with Gasteiger partial charge >= 0.3 is 0 Å². The maximum atomic E-state index is 13.4. The van der Waals surface area contributed by atoms with E-state index in [0.717, 1.165) is 36.9 Å². The zero-order valence-electron chi connectivity index (χ0n) is 23.7. The van der Waals surface area contributed by atoms with Crippen LogP contribution in [-0.4, -0.2) is 48.4 Å². The number of carbonyl (C=O) groups is 2. The smallest absolute Gasteiger partial charge is 0.272 e. The summed E-state index contributed by atoms with van der Waals surface area (Å²) < 4.78 is 13.2. The van der Waals surface area contributed by atoms with E-state index in [9.17, 15) is 9.59 Å². The van der Waals surface area contributed by atoms with Crippen LogP contribution >= 0.6 is 0 Å². The Balaban J connectivity index is 2.40. The van der Waals surface area contributed by atoms with Gasteiger partial charge in [0.05, 0.1) is 25.5 Å². The number of carbonyl (C=O) groups excluding carboxylic acids is 2. The van der Waals surface area contributed by atoms with Crippen LogP contribution in [0.2, 0.25) is 0 Å². The van der Waals surface area contributed by atoms with Gasteiger partial charge in [-0.05, 0) is 42.9 Å². The van der Waals surface area contributed by atoms with Gasteiger partial charge < -0.3 is 20.1 Å². The van der Waals surface area contributed by atoms with E-state index in [0.29, 0.717) is 48.5 Å². The van der Waals surface area contributed by atoms with Crippen molar-refractivity contribution in [3.8, 4) is 22.8 Å². The topological polar surface area (TPSA) is 94.5 Å². The number of benzene rings is 1. The largest absolute Gasteiger partial charge is 0.496 e. The summed E-state index contributed by atoms with van der Waals surface area (Å²) in [5.74, 6) is 1.71. The number of rotatable bonds is 16. The molecule has 1 aromatic heterocycles. The molecule has 2 rings (SSSR count). The van der Waals surface area contributed by atoms with E-state index < -0.39 is 0 Å². The summed E-state index contributed by atoms with van der Waals surface area (Å²) in [4.78, 5) is 25.9. The zero-order valence-corrected chi connectivity index (χ0v) is 23.7. The lowest BCUT2D eigenvalue weighted by Crippen LogP contribution is -2.40. The first-order chi connectivity index (χ1) is 17.8. The van der Waals surface area contributed by atoms with E-state index in [1.807, 2.05) is 22.9 Å². The summed E-state index contributed by atoms with van der Waals surface area (Å²) in [7, 11) is 3.24. The molecule has 2 amide bonds. The molecule has 37 heavy (non-hydrogen) atoms. The minimum Gasteiger partial charge on any atom is -0.496 e. The van der Waals surface area contributed by atoms with Crippen molar-refractivity contribution in [2.45, 2.75) is 85.7 Å². The normalized spacial score (nSPS) is 12.0. The number of unbranched alkanes of at least 4 members (excludes halogenated alkanes) is 1. The second kappa shape index (κ2) is 15.3. The molecular weight excluding hydrogens is 468 g/mol. The molecular formula is C29H46N4O4. The van der Waals surface area contributed by atoms with Crippen molar-refractivity contribution in [3.05, 3.63) is 30.0 Å². The fraction of sp³-hybridized carbons (Fsp3) is 0.621. The second-order valence-corrected chi connectivity index (χ2v) is 10.0. The molecule has 1 aromatic carbocycles. The van der Waals surface area contributed by atoms with Gasteiger partial charge in [0.25, 0.3) is 5.91 Å². The number of aromatic nitrogens is 2. The Bertz CT molecular complexity index is 976. The maximum Gasteiger partial charge on any atom is 0.272 e. The number of methoxy groups -OCH3 is 2. The molecule has 0 aliphatic rings. The summed E-state index contributed by atoms with van der Waals surface area (Å²) in [6, 6.07) is 7.15. The van der Waals surface area contributed by atoms with E-state index in [1.165, 1.54) is 0 Å². The Hall–Kier alpha value is -3.03. The summed E-state index contributed by atoms with van der Waals surface area (Å²) in [5, 5.41) is 10.8. The van der Waals surface area contributed by atoms with Crippen molar-refractivity contribution >= 4 is 11.8 Å². The first-order valence-corrected chi connectivity index (χ1v) is 13.6. The van der Waals surface area contributed by atoms with Gasteiger partial charge in [-0.25, -0.2) is 0 Å². The molecule has 1 heterocycles. The van der Waals surface area contributed by atoms with Gasteiger partial charge in [-0.1, -0.05) is 59.9 Å². The Morgan fingerprint density at radius 1 is 1.05 bits per heavy atom. The fourth-order valence-corrected chi connectivity index (χ4v) is 4.49. The van der Waals surface area contributed by atoms with Gasteiger partial charge in [-0.15, -0.1) is 0 Å². The van der Waals surface area contributed by atoms with Gasteiger partial charge in [-0.3, -0.25) is 14.3 Å². The number of nitrogens with one attached hydrogen (secondary N) is 2. The quantitative estimate of drug-likeness (QED) is 0.290. The van der Waals surface area contributed by atoms with Crippen LogP contribution in [-0.2, 0) is 11.3 Å². The number of hydrogen-bond donors (Lipinski definition) is 2. The SMILES string of the molecule is CCCCNC(=O)C[C@@H](CC(C)C)NC(=O)c1cc(-c2c(OC)cccc2OC)n(CC(CC)CC)n1. The molecule has 8 nitrogen and oxygen atoms in total. The summed E-state index contributed by atoms with van der Waals surface area (Å²) >= 11 is 0. The average Bonchev–Trinajstić information content (AvgIpc) is 3.29.